The van der Waals surface area contributed by atoms with Gasteiger partial charge in [0.1, 0.15) is 11.5 Å². The van der Waals surface area contributed by atoms with Crippen molar-refractivity contribution in [2.24, 2.45) is 0 Å². The number of rotatable bonds is 3. The number of carbonyl (C=O) groups is 1. The van der Waals surface area contributed by atoms with Gasteiger partial charge in [-0.2, -0.15) is 0 Å². The van der Waals surface area contributed by atoms with Gasteiger partial charge in [0.2, 0.25) is 0 Å². The van der Waals surface area contributed by atoms with Crippen molar-refractivity contribution < 1.29 is 19.7 Å². The molecule has 1 aliphatic rings. The molecule has 4 rings (SSSR count). The van der Waals surface area contributed by atoms with Crippen LogP contribution in [0.1, 0.15) is 10.4 Å². The maximum Gasteiger partial charge on any atom is 0.150 e. The summed E-state index contributed by atoms with van der Waals surface area (Å²) < 4.78 is 5.38. The molecule has 0 spiro atoms. The molecule has 0 unspecified atom stereocenters. The molecule has 1 fully saturated rings. The van der Waals surface area contributed by atoms with E-state index in [9.17, 15) is 15.0 Å². The largest absolute Gasteiger partial charge is 0.508 e. The van der Waals surface area contributed by atoms with Gasteiger partial charge < -0.3 is 19.8 Å². The van der Waals surface area contributed by atoms with Gasteiger partial charge in [-0.1, -0.05) is 0 Å². The smallest absolute Gasteiger partial charge is 0.150 e. The zero-order chi connectivity index (χ0) is 18.1. The van der Waals surface area contributed by atoms with E-state index >= 15 is 0 Å². The van der Waals surface area contributed by atoms with E-state index in [1.54, 1.807) is 6.07 Å². The van der Waals surface area contributed by atoms with E-state index in [1.807, 2.05) is 18.2 Å². The summed E-state index contributed by atoms with van der Waals surface area (Å²) in [6.45, 7) is 2.99. The van der Waals surface area contributed by atoms with Gasteiger partial charge in [0.05, 0.1) is 24.4 Å². The number of phenols is 2. The first kappa shape index (κ1) is 16.4. The summed E-state index contributed by atoms with van der Waals surface area (Å²) in [5.74, 6) is 0.0199. The lowest BCUT2D eigenvalue weighted by Gasteiger charge is -2.29. The highest BCUT2D eigenvalue weighted by Gasteiger charge is 2.15. The number of morpholine rings is 1. The highest BCUT2D eigenvalue weighted by molar-refractivity contribution is 5.99. The summed E-state index contributed by atoms with van der Waals surface area (Å²) in [7, 11) is 0. The number of aromatic hydroxyl groups is 2. The quantitative estimate of drug-likeness (QED) is 0.558. The number of ether oxygens (including phenoxy) is 1. The first-order valence-corrected chi connectivity index (χ1v) is 8.41. The average Bonchev–Trinajstić information content (AvgIpc) is 2.69. The number of pyridine rings is 1. The van der Waals surface area contributed by atoms with E-state index in [-0.39, 0.29) is 11.5 Å². The summed E-state index contributed by atoms with van der Waals surface area (Å²) in [5.41, 5.74) is 2.99. The van der Waals surface area contributed by atoms with Crippen molar-refractivity contribution in [2.45, 2.75) is 0 Å². The third-order valence-electron chi connectivity index (χ3n) is 4.58. The van der Waals surface area contributed by atoms with Crippen LogP contribution in [0.5, 0.6) is 11.5 Å². The molecule has 2 aromatic carbocycles. The van der Waals surface area contributed by atoms with Gasteiger partial charge in [-0.3, -0.25) is 4.79 Å². The van der Waals surface area contributed by atoms with Crippen molar-refractivity contribution in [1.82, 2.24) is 4.98 Å². The molecule has 2 N–H and O–H groups in total. The van der Waals surface area contributed by atoms with E-state index in [1.165, 1.54) is 18.2 Å². The third-order valence-corrected chi connectivity index (χ3v) is 4.58. The average molecular weight is 350 g/mol. The summed E-state index contributed by atoms with van der Waals surface area (Å²) in [6.07, 6.45) is 0.788. The van der Waals surface area contributed by atoms with Crippen molar-refractivity contribution in [2.75, 3.05) is 31.2 Å². The number of fused-ring (bicyclic) bond motifs is 1. The fraction of sp³-hybridized carbons (Fsp3) is 0.200. The number of aromatic nitrogens is 1. The van der Waals surface area contributed by atoms with Crippen LogP contribution in [0.4, 0.5) is 5.69 Å². The molecule has 1 aromatic heterocycles. The lowest BCUT2D eigenvalue weighted by molar-refractivity contribution is 0.112. The number of carbonyl (C=O) groups excluding carboxylic acids is 1. The van der Waals surface area contributed by atoms with Gasteiger partial charge in [0.15, 0.2) is 6.29 Å². The summed E-state index contributed by atoms with van der Waals surface area (Å²) in [4.78, 5) is 18.5. The molecule has 1 aliphatic heterocycles. The molecule has 0 atom stereocenters. The molecule has 0 radical (unpaired) electrons. The second-order valence-electron chi connectivity index (χ2n) is 6.22. The van der Waals surface area contributed by atoms with Crippen molar-refractivity contribution in [3.8, 4) is 22.8 Å². The maximum absolute atomic E-state index is 11.7. The SMILES string of the molecule is O=Cc1cc(-c2cc(O)ccc2O)nc2ccc(N3CCOCC3)cc12. The Morgan fingerprint density at radius 2 is 1.85 bits per heavy atom. The molecule has 6 heteroatoms. The first-order chi connectivity index (χ1) is 12.7. The van der Waals surface area contributed by atoms with Crippen molar-refractivity contribution in [3.63, 3.8) is 0 Å². The number of benzene rings is 2. The zero-order valence-corrected chi connectivity index (χ0v) is 14.1. The summed E-state index contributed by atoms with van der Waals surface area (Å²) in [6, 6.07) is 11.7. The molecule has 1 saturated heterocycles. The van der Waals surface area contributed by atoms with E-state index in [0.29, 0.717) is 35.6 Å². The van der Waals surface area contributed by atoms with Crippen molar-refractivity contribution >= 4 is 22.9 Å². The Morgan fingerprint density at radius 3 is 2.62 bits per heavy atom. The second-order valence-corrected chi connectivity index (χ2v) is 6.22. The van der Waals surface area contributed by atoms with Gasteiger partial charge in [0.25, 0.3) is 0 Å². The maximum atomic E-state index is 11.7. The van der Waals surface area contributed by atoms with E-state index in [2.05, 4.69) is 9.88 Å². The van der Waals surface area contributed by atoms with Crippen molar-refractivity contribution in [3.05, 3.63) is 48.0 Å². The van der Waals surface area contributed by atoms with Crippen LogP contribution >= 0.6 is 0 Å². The minimum Gasteiger partial charge on any atom is -0.508 e. The Bertz CT molecular complexity index is 981. The molecule has 2 heterocycles. The fourth-order valence-corrected chi connectivity index (χ4v) is 3.22. The molecule has 132 valence electrons. The van der Waals surface area contributed by atoms with Gasteiger partial charge in [-0.05, 0) is 42.5 Å². The predicted molar refractivity (Wildman–Crippen MR) is 98.9 cm³/mol. The predicted octanol–water partition coefficient (Wildman–Crippen LogP) is 2.96. The first-order valence-electron chi connectivity index (χ1n) is 8.41. The third kappa shape index (κ3) is 2.95. The van der Waals surface area contributed by atoms with Crippen LogP contribution in [0.25, 0.3) is 22.2 Å². The van der Waals surface area contributed by atoms with Crippen LogP contribution in [-0.2, 0) is 4.74 Å². The Hall–Kier alpha value is -3.12. The van der Waals surface area contributed by atoms with Gasteiger partial charge in [0, 0.05) is 35.3 Å². The van der Waals surface area contributed by atoms with Crippen molar-refractivity contribution in [1.29, 1.82) is 0 Å². The number of anilines is 1. The molecule has 6 nitrogen and oxygen atoms in total. The second kappa shape index (κ2) is 6.65. The highest BCUT2D eigenvalue weighted by atomic mass is 16.5. The molecular formula is C20H18N2O4. The molecule has 0 bridgehead atoms. The van der Waals surface area contributed by atoms with E-state index in [4.69, 9.17) is 4.74 Å². The van der Waals surface area contributed by atoms with Crippen LogP contribution < -0.4 is 4.90 Å². The molecule has 0 aliphatic carbocycles. The van der Waals surface area contributed by atoms with Crippen LogP contribution in [0.2, 0.25) is 0 Å². The lowest BCUT2D eigenvalue weighted by Crippen LogP contribution is -2.36. The Kier molecular flexibility index (Phi) is 4.18. The van der Waals surface area contributed by atoms with Crippen LogP contribution in [-0.4, -0.2) is 47.8 Å². The molecule has 0 saturated carbocycles. The van der Waals surface area contributed by atoms with Gasteiger partial charge >= 0.3 is 0 Å². The zero-order valence-electron chi connectivity index (χ0n) is 14.1. The Morgan fingerprint density at radius 1 is 1.04 bits per heavy atom. The van der Waals surface area contributed by atoms with Gasteiger partial charge in [-0.15, -0.1) is 0 Å². The highest BCUT2D eigenvalue weighted by Crippen LogP contribution is 2.34. The number of nitrogens with zero attached hydrogens (tertiary/aromatic N) is 2. The van der Waals surface area contributed by atoms with Crippen LogP contribution in [0.3, 0.4) is 0 Å². The number of hydrogen-bond donors (Lipinski definition) is 2. The molecule has 0 amide bonds. The standard InChI is InChI=1S/C20H18N2O4/c23-12-13-9-19(17-11-15(24)2-4-20(17)25)21-18-3-1-14(10-16(13)18)22-5-7-26-8-6-22/h1-4,9-12,24-25H,5-8H2. The van der Waals surface area contributed by atoms with E-state index in [0.717, 1.165) is 30.4 Å². The van der Waals surface area contributed by atoms with Crippen LogP contribution in [0, 0.1) is 0 Å². The molecular weight excluding hydrogens is 332 g/mol. The number of hydrogen-bond acceptors (Lipinski definition) is 6. The number of phenolic OH excluding ortho intramolecular Hbond substituents is 2. The topological polar surface area (TPSA) is 82.9 Å². The molecule has 26 heavy (non-hydrogen) atoms. The minimum absolute atomic E-state index is 0.00330. The normalized spacial score (nSPS) is 14.5. The number of aldehydes is 1. The Labute approximate surface area is 150 Å². The lowest BCUT2D eigenvalue weighted by atomic mass is 10.0. The van der Waals surface area contributed by atoms with E-state index < -0.39 is 0 Å². The van der Waals surface area contributed by atoms with Gasteiger partial charge in [-0.25, -0.2) is 4.98 Å². The fourth-order valence-electron chi connectivity index (χ4n) is 3.22. The summed E-state index contributed by atoms with van der Waals surface area (Å²) in [5, 5.41) is 20.5. The monoisotopic (exact) mass is 350 g/mol. The minimum atomic E-state index is -0.00330. The summed E-state index contributed by atoms with van der Waals surface area (Å²) >= 11 is 0. The Balaban J connectivity index is 1.83. The van der Waals surface area contributed by atoms with Crippen LogP contribution in [0.15, 0.2) is 42.5 Å². The molecule has 3 aromatic rings.